The Kier molecular flexibility index (Phi) is 3.93. The molecule has 8 nitrogen and oxygen atoms in total. The smallest absolute Gasteiger partial charge is 0.407 e. The molecule has 2 atom stereocenters. The second-order valence-electron chi connectivity index (χ2n) is 7.73. The van der Waals surface area contributed by atoms with E-state index in [9.17, 15) is 9.90 Å². The summed E-state index contributed by atoms with van der Waals surface area (Å²) in [7, 11) is 0. The molecule has 1 aromatic carbocycles. The number of carbonyl (C=O) groups is 1. The number of carboxylic acid groups (broad SMARTS) is 1. The van der Waals surface area contributed by atoms with Crippen LogP contribution in [-0.4, -0.2) is 56.1 Å². The Bertz CT molecular complexity index is 1240. The summed E-state index contributed by atoms with van der Waals surface area (Å²) in [5, 5.41) is 10.9. The molecule has 30 heavy (non-hydrogen) atoms. The Hall–Kier alpha value is -3.17. The van der Waals surface area contributed by atoms with Gasteiger partial charge in [-0.3, -0.25) is 4.90 Å². The minimum absolute atomic E-state index is 0.106. The largest absolute Gasteiger partial charge is 0.465 e. The molecule has 152 valence electrons. The SMILES string of the molecule is O=C(O)N1C[C@@H]2C[C@H]1CN2Cc1coc2cc(Oc3nc4ncccc4s3)ccc12. The number of furan rings is 1. The summed E-state index contributed by atoms with van der Waals surface area (Å²) < 4.78 is 12.7. The molecule has 1 N–H and O–H groups in total. The van der Waals surface area contributed by atoms with Gasteiger partial charge in [0.05, 0.1) is 11.0 Å². The normalized spacial score (nSPS) is 21.1. The fourth-order valence-electron chi connectivity index (χ4n) is 4.54. The van der Waals surface area contributed by atoms with Crippen molar-refractivity contribution in [3.8, 4) is 10.9 Å². The summed E-state index contributed by atoms with van der Waals surface area (Å²) in [5.41, 5.74) is 2.55. The van der Waals surface area contributed by atoms with Crippen LogP contribution in [0.1, 0.15) is 12.0 Å². The third kappa shape index (κ3) is 2.89. The highest BCUT2D eigenvalue weighted by molar-refractivity contribution is 7.20. The molecule has 4 aromatic rings. The van der Waals surface area contributed by atoms with Crippen molar-refractivity contribution in [1.82, 2.24) is 19.8 Å². The molecule has 9 heteroatoms. The number of likely N-dealkylation sites (tertiary alicyclic amines) is 2. The predicted molar refractivity (Wildman–Crippen MR) is 111 cm³/mol. The van der Waals surface area contributed by atoms with Crippen LogP contribution < -0.4 is 4.74 Å². The molecule has 2 bridgehead atoms. The molecule has 2 aliphatic heterocycles. The zero-order chi connectivity index (χ0) is 20.2. The number of pyridine rings is 1. The number of fused-ring (bicyclic) bond motifs is 4. The van der Waals surface area contributed by atoms with Gasteiger partial charge in [0, 0.05) is 54.9 Å². The molecule has 0 aliphatic carbocycles. The maximum absolute atomic E-state index is 11.3. The Morgan fingerprint density at radius 1 is 1.30 bits per heavy atom. The molecule has 0 unspecified atom stereocenters. The van der Waals surface area contributed by atoms with Crippen LogP contribution in [0.5, 0.6) is 10.9 Å². The fourth-order valence-corrected chi connectivity index (χ4v) is 5.33. The number of hydrogen-bond acceptors (Lipinski definition) is 7. The van der Waals surface area contributed by atoms with Crippen LogP contribution in [0.3, 0.4) is 0 Å². The summed E-state index contributed by atoms with van der Waals surface area (Å²) in [6.07, 6.45) is 3.61. The van der Waals surface area contributed by atoms with Crippen LogP contribution >= 0.6 is 11.3 Å². The number of benzene rings is 1. The molecule has 0 spiro atoms. The zero-order valence-corrected chi connectivity index (χ0v) is 16.7. The highest BCUT2D eigenvalue weighted by Crippen LogP contribution is 2.35. The molecule has 6 rings (SSSR count). The molecule has 2 aliphatic rings. The molecular formula is C21H18N4O4S. The van der Waals surface area contributed by atoms with Gasteiger partial charge in [-0.05, 0) is 30.7 Å². The molecule has 2 fully saturated rings. The van der Waals surface area contributed by atoms with E-state index in [2.05, 4.69) is 14.9 Å². The number of rotatable bonds is 4. The molecule has 3 aromatic heterocycles. The first-order chi connectivity index (χ1) is 14.6. The van der Waals surface area contributed by atoms with Crippen LogP contribution in [0.2, 0.25) is 0 Å². The number of nitrogens with zero attached hydrogens (tertiary/aromatic N) is 4. The van der Waals surface area contributed by atoms with E-state index < -0.39 is 6.09 Å². The summed E-state index contributed by atoms with van der Waals surface area (Å²) in [6, 6.07) is 10.0. The van der Waals surface area contributed by atoms with Crippen molar-refractivity contribution in [2.45, 2.75) is 25.0 Å². The highest BCUT2D eigenvalue weighted by atomic mass is 32.1. The van der Waals surface area contributed by atoms with Crippen molar-refractivity contribution in [2.75, 3.05) is 13.1 Å². The van der Waals surface area contributed by atoms with Crippen molar-refractivity contribution in [2.24, 2.45) is 0 Å². The zero-order valence-electron chi connectivity index (χ0n) is 15.9. The Morgan fingerprint density at radius 2 is 2.23 bits per heavy atom. The van der Waals surface area contributed by atoms with E-state index in [0.717, 1.165) is 40.7 Å². The van der Waals surface area contributed by atoms with Gasteiger partial charge < -0.3 is 19.2 Å². The minimum Gasteiger partial charge on any atom is -0.465 e. The maximum Gasteiger partial charge on any atom is 0.407 e. The Balaban J connectivity index is 1.20. The van der Waals surface area contributed by atoms with Crippen molar-refractivity contribution in [1.29, 1.82) is 0 Å². The first kappa shape index (κ1) is 17.7. The van der Waals surface area contributed by atoms with E-state index in [1.54, 1.807) is 17.4 Å². The lowest BCUT2D eigenvalue weighted by atomic mass is 10.1. The lowest BCUT2D eigenvalue weighted by molar-refractivity contribution is 0.100. The molecule has 1 amide bonds. The van der Waals surface area contributed by atoms with Gasteiger partial charge in [0.15, 0.2) is 5.65 Å². The van der Waals surface area contributed by atoms with E-state index in [4.69, 9.17) is 9.15 Å². The maximum atomic E-state index is 11.3. The Morgan fingerprint density at radius 3 is 3.03 bits per heavy atom. The van der Waals surface area contributed by atoms with Crippen LogP contribution in [0.15, 0.2) is 47.2 Å². The predicted octanol–water partition coefficient (Wildman–Crippen LogP) is 4.17. The van der Waals surface area contributed by atoms with Gasteiger partial charge in [-0.1, -0.05) is 11.3 Å². The molecule has 2 saturated heterocycles. The van der Waals surface area contributed by atoms with E-state index in [0.29, 0.717) is 23.1 Å². The quantitative estimate of drug-likeness (QED) is 0.528. The van der Waals surface area contributed by atoms with Gasteiger partial charge in [0.25, 0.3) is 5.19 Å². The molecule has 0 saturated carbocycles. The van der Waals surface area contributed by atoms with Crippen LogP contribution in [0.25, 0.3) is 21.3 Å². The Labute approximate surface area is 175 Å². The summed E-state index contributed by atoms with van der Waals surface area (Å²) >= 11 is 1.45. The molecular weight excluding hydrogens is 404 g/mol. The van der Waals surface area contributed by atoms with Crippen molar-refractivity contribution >= 4 is 38.7 Å². The topological polar surface area (TPSA) is 91.9 Å². The van der Waals surface area contributed by atoms with Gasteiger partial charge in [-0.2, -0.15) is 4.98 Å². The lowest BCUT2D eigenvalue weighted by Crippen LogP contribution is -2.47. The number of piperazine rings is 1. The van der Waals surface area contributed by atoms with Crippen LogP contribution in [-0.2, 0) is 6.54 Å². The van der Waals surface area contributed by atoms with E-state index in [1.807, 2.05) is 30.3 Å². The van der Waals surface area contributed by atoms with Gasteiger partial charge in [-0.25, -0.2) is 9.78 Å². The molecule has 0 radical (unpaired) electrons. The minimum atomic E-state index is -0.813. The first-order valence-electron chi connectivity index (χ1n) is 9.77. The standard InChI is InChI=1S/C21H18N4O4S/c26-21(27)25-10-13-6-14(25)9-24(13)8-12-11-28-17-7-15(3-4-16(12)17)29-20-23-19-18(30-20)2-1-5-22-19/h1-5,7,11,13-14H,6,8-10H2,(H,26,27)/t13-,14-/m0/s1. The molecule has 5 heterocycles. The summed E-state index contributed by atoms with van der Waals surface area (Å²) in [6.45, 7) is 2.12. The number of aromatic nitrogens is 2. The highest BCUT2D eigenvalue weighted by Gasteiger charge is 2.45. The van der Waals surface area contributed by atoms with Crippen molar-refractivity contribution in [3.63, 3.8) is 0 Å². The van der Waals surface area contributed by atoms with Gasteiger partial charge in [0.2, 0.25) is 0 Å². The van der Waals surface area contributed by atoms with Crippen LogP contribution in [0.4, 0.5) is 4.79 Å². The van der Waals surface area contributed by atoms with Crippen molar-refractivity contribution in [3.05, 3.63) is 48.4 Å². The lowest BCUT2D eigenvalue weighted by Gasteiger charge is -2.32. The average molecular weight is 422 g/mol. The van der Waals surface area contributed by atoms with E-state index in [1.165, 1.54) is 11.3 Å². The fraction of sp³-hybridized carbons (Fsp3) is 0.286. The van der Waals surface area contributed by atoms with Gasteiger partial charge in [0.1, 0.15) is 11.3 Å². The third-order valence-electron chi connectivity index (χ3n) is 5.95. The number of ether oxygens (including phenoxy) is 1. The second kappa shape index (κ2) is 6.68. The monoisotopic (exact) mass is 422 g/mol. The summed E-state index contributed by atoms with van der Waals surface area (Å²) in [4.78, 5) is 23.8. The van der Waals surface area contributed by atoms with Crippen molar-refractivity contribution < 1.29 is 19.1 Å². The summed E-state index contributed by atoms with van der Waals surface area (Å²) in [5.74, 6) is 0.666. The van der Waals surface area contributed by atoms with Crippen LogP contribution in [0, 0.1) is 0 Å². The third-order valence-corrected chi connectivity index (χ3v) is 6.84. The number of hydrogen-bond donors (Lipinski definition) is 1. The van der Waals surface area contributed by atoms with E-state index >= 15 is 0 Å². The van der Waals surface area contributed by atoms with Gasteiger partial charge in [-0.15, -0.1) is 0 Å². The second-order valence-corrected chi connectivity index (χ2v) is 8.73. The number of amides is 1. The number of thiazole rings is 1. The van der Waals surface area contributed by atoms with Gasteiger partial charge >= 0.3 is 6.09 Å². The first-order valence-corrected chi connectivity index (χ1v) is 10.6. The van der Waals surface area contributed by atoms with E-state index in [-0.39, 0.29) is 12.1 Å². The average Bonchev–Trinajstić information content (AvgIpc) is 3.50.